The number of nitrogens with zero attached hydrogens (tertiary/aromatic N) is 2. The Labute approximate surface area is 120 Å². The molecule has 0 amide bonds. The Kier molecular flexibility index (Phi) is 3.06. The molecule has 0 fully saturated rings. The number of hydrogen-bond acceptors (Lipinski definition) is 4. The number of methoxy groups -OCH3 is 1. The number of aromatic amines is 1. The number of fused-ring (bicyclic) bond motifs is 1. The van der Waals surface area contributed by atoms with Gasteiger partial charge in [0.25, 0.3) is 0 Å². The minimum absolute atomic E-state index is 0.195. The topological polar surface area (TPSA) is 77.0 Å². The molecule has 0 aliphatic carbocycles. The van der Waals surface area contributed by atoms with Crippen LogP contribution in [0.5, 0.6) is 0 Å². The van der Waals surface area contributed by atoms with Crippen molar-refractivity contribution in [2.24, 2.45) is 7.05 Å². The molecule has 1 aromatic carbocycles. The number of imidazole rings is 1. The number of hydrogen-bond donors (Lipinski definition) is 1. The number of H-pyrrole nitrogens is 1. The maximum absolute atomic E-state index is 12.6. The van der Waals surface area contributed by atoms with Gasteiger partial charge in [-0.3, -0.25) is 4.79 Å². The summed E-state index contributed by atoms with van der Waals surface area (Å²) in [6.07, 6.45) is 2.99. The molecular weight excluding hydrogens is 270 g/mol. The first-order valence-electron chi connectivity index (χ1n) is 6.34. The summed E-state index contributed by atoms with van der Waals surface area (Å²) in [5.74, 6) is -0.576. The lowest BCUT2D eigenvalue weighted by molar-refractivity contribution is 0.0589. The molecule has 0 aliphatic rings. The van der Waals surface area contributed by atoms with Crippen molar-refractivity contribution in [1.82, 2.24) is 14.5 Å². The van der Waals surface area contributed by atoms with Crippen molar-refractivity contribution in [3.05, 3.63) is 53.7 Å². The molecule has 1 N–H and O–H groups in total. The third-order valence-electron chi connectivity index (χ3n) is 3.42. The Hall–Kier alpha value is -2.89. The van der Waals surface area contributed by atoms with E-state index < -0.39 is 5.97 Å². The number of ketones is 1. The van der Waals surface area contributed by atoms with E-state index in [1.807, 2.05) is 24.3 Å². The van der Waals surface area contributed by atoms with E-state index in [2.05, 4.69) is 14.7 Å². The lowest BCUT2D eigenvalue weighted by Gasteiger charge is -2.03. The van der Waals surface area contributed by atoms with E-state index in [1.165, 1.54) is 17.9 Å². The summed E-state index contributed by atoms with van der Waals surface area (Å²) in [6.45, 7) is 0. The molecule has 0 saturated carbocycles. The molecule has 6 heteroatoms. The van der Waals surface area contributed by atoms with Crippen LogP contribution >= 0.6 is 0 Å². The number of para-hydroxylation sites is 1. The van der Waals surface area contributed by atoms with E-state index in [-0.39, 0.29) is 17.3 Å². The third kappa shape index (κ3) is 2.01. The number of nitrogens with one attached hydrogen (secondary N) is 1. The summed E-state index contributed by atoms with van der Waals surface area (Å²) in [5.41, 5.74) is 1.64. The van der Waals surface area contributed by atoms with Crippen LogP contribution in [0.4, 0.5) is 0 Å². The van der Waals surface area contributed by atoms with E-state index in [9.17, 15) is 9.59 Å². The molecule has 0 atom stereocenters. The van der Waals surface area contributed by atoms with Crippen LogP contribution in [0.3, 0.4) is 0 Å². The number of rotatable bonds is 3. The monoisotopic (exact) mass is 283 g/mol. The van der Waals surface area contributed by atoms with Gasteiger partial charge in [0.1, 0.15) is 5.69 Å². The molecule has 106 valence electrons. The van der Waals surface area contributed by atoms with Crippen molar-refractivity contribution < 1.29 is 14.3 Å². The van der Waals surface area contributed by atoms with Gasteiger partial charge in [0.2, 0.25) is 5.78 Å². The molecule has 3 aromatic rings. The Morgan fingerprint density at radius 2 is 2.05 bits per heavy atom. The Bertz CT molecular complexity index is 845. The molecule has 0 unspecified atom stereocenters. The predicted octanol–water partition coefficient (Wildman–Crippen LogP) is 1.92. The van der Waals surface area contributed by atoms with E-state index in [1.54, 1.807) is 13.2 Å². The van der Waals surface area contributed by atoms with Crippen molar-refractivity contribution in [3.63, 3.8) is 0 Å². The van der Waals surface area contributed by atoms with Gasteiger partial charge in [-0.15, -0.1) is 0 Å². The van der Waals surface area contributed by atoms with Crippen LogP contribution in [0.25, 0.3) is 10.9 Å². The SMILES string of the molecule is COC(=O)c1cnc(C(=O)c2c[nH]c3ccccc23)n1C. The number of aromatic nitrogens is 3. The van der Waals surface area contributed by atoms with Gasteiger partial charge in [-0.1, -0.05) is 18.2 Å². The van der Waals surface area contributed by atoms with Gasteiger partial charge < -0.3 is 14.3 Å². The van der Waals surface area contributed by atoms with Crippen LogP contribution in [-0.2, 0) is 11.8 Å². The minimum atomic E-state index is -0.525. The summed E-state index contributed by atoms with van der Waals surface area (Å²) >= 11 is 0. The molecule has 0 bridgehead atoms. The third-order valence-corrected chi connectivity index (χ3v) is 3.42. The highest BCUT2D eigenvalue weighted by Crippen LogP contribution is 2.20. The highest BCUT2D eigenvalue weighted by molar-refractivity contribution is 6.15. The minimum Gasteiger partial charge on any atom is -0.464 e. The number of ether oxygens (including phenoxy) is 1. The molecule has 2 heterocycles. The Morgan fingerprint density at radius 1 is 1.29 bits per heavy atom. The summed E-state index contributed by atoms with van der Waals surface area (Å²) in [6, 6.07) is 7.52. The average Bonchev–Trinajstić information content (AvgIpc) is 3.09. The van der Waals surface area contributed by atoms with Crippen LogP contribution in [0, 0.1) is 0 Å². The van der Waals surface area contributed by atoms with Gasteiger partial charge >= 0.3 is 5.97 Å². The van der Waals surface area contributed by atoms with Gasteiger partial charge in [0.15, 0.2) is 5.82 Å². The second-order valence-electron chi connectivity index (χ2n) is 4.59. The largest absolute Gasteiger partial charge is 0.464 e. The van der Waals surface area contributed by atoms with Crippen LogP contribution in [0.15, 0.2) is 36.7 Å². The number of esters is 1. The number of carbonyl (C=O) groups excluding carboxylic acids is 2. The molecule has 21 heavy (non-hydrogen) atoms. The fourth-order valence-electron chi connectivity index (χ4n) is 2.29. The predicted molar refractivity (Wildman–Crippen MR) is 76.3 cm³/mol. The van der Waals surface area contributed by atoms with E-state index in [0.717, 1.165) is 10.9 Å². The fourth-order valence-corrected chi connectivity index (χ4v) is 2.29. The molecule has 0 radical (unpaired) electrons. The van der Waals surface area contributed by atoms with Crippen LogP contribution in [-0.4, -0.2) is 33.4 Å². The second-order valence-corrected chi connectivity index (χ2v) is 4.59. The van der Waals surface area contributed by atoms with Gasteiger partial charge in [0, 0.05) is 24.1 Å². The molecular formula is C15H13N3O3. The lowest BCUT2D eigenvalue weighted by Crippen LogP contribution is -2.13. The maximum Gasteiger partial charge on any atom is 0.356 e. The first-order valence-corrected chi connectivity index (χ1v) is 6.34. The highest BCUT2D eigenvalue weighted by atomic mass is 16.5. The van der Waals surface area contributed by atoms with Crippen molar-refractivity contribution >= 4 is 22.7 Å². The zero-order valence-corrected chi connectivity index (χ0v) is 11.6. The summed E-state index contributed by atoms with van der Waals surface area (Å²) in [7, 11) is 2.90. The van der Waals surface area contributed by atoms with Crippen molar-refractivity contribution in [3.8, 4) is 0 Å². The Balaban J connectivity index is 2.07. The van der Waals surface area contributed by atoms with E-state index in [4.69, 9.17) is 0 Å². The second kappa shape index (κ2) is 4.90. The first-order chi connectivity index (χ1) is 10.1. The summed E-state index contributed by atoms with van der Waals surface area (Å²) < 4.78 is 6.09. The smallest absolute Gasteiger partial charge is 0.356 e. The fraction of sp³-hybridized carbons (Fsp3) is 0.133. The molecule has 2 aromatic heterocycles. The van der Waals surface area contributed by atoms with Crippen molar-refractivity contribution in [2.75, 3.05) is 7.11 Å². The molecule has 0 saturated heterocycles. The zero-order chi connectivity index (χ0) is 15.0. The number of benzene rings is 1. The highest BCUT2D eigenvalue weighted by Gasteiger charge is 2.22. The number of carbonyl (C=O) groups is 2. The molecule has 6 nitrogen and oxygen atoms in total. The van der Waals surface area contributed by atoms with Crippen LogP contribution < -0.4 is 0 Å². The van der Waals surface area contributed by atoms with E-state index >= 15 is 0 Å². The van der Waals surface area contributed by atoms with Gasteiger partial charge in [-0.2, -0.15) is 0 Å². The van der Waals surface area contributed by atoms with Gasteiger partial charge in [-0.05, 0) is 6.07 Å². The molecule has 0 spiro atoms. The van der Waals surface area contributed by atoms with Crippen LogP contribution in [0.1, 0.15) is 26.7 Å². The van der Waals surface area contributed by atoms with Crippen molar-refractivity contribution in [1.29, 1.82) is 0 Å². The standard InChI is InChI=1S/C15H13N3O3/c1-18-12(15(20)21-2)8-17-14(18)13(19)10-7-16-11-6-4-3-5-9(10)11/h3-8,16H,1-2H3. The molecule has 0 aliphatic heterocycles. The Morgan fingerprint density at radius 3 is 2.81 bits per heavy atom. The average molecular weight is 283 g/mol. The van der Waals surface area contributed by atoms with Crippen LogP contribution in [0.2, 0.25) is 0 Å². The van der Waals surface area contributed by atoms with E-state index in [0.29, 0.717) is 5.56 Å². The zero-order valence-electron chi connectivity index (χ0n) is 11.6. The molecule has 3 rings (SSSR count). The van der Waals surface area contributed by atoms with Gasteiger partial charge in [0.05, 0.1) is 18.9 Å². The van der Waals surface area contributed by atoms with Gasteiger partial charge in [-0.25, -0.2) is 9.78 Å². The quantitative estimate of drug-likeness (QED) is 0.588. The first kappa shape index (κ1) is 13.1. The normalized spacial score (nSPS) is 10.8. The van der Waals surface area contributed by atoms with Crippen molar-refractivity contribution in [2.45, 2.75) is 0 Å². The maximum atomic E-state index is 12.6. The summed E-state index contributed by atoms with van der Waals surface area (Å²) in [4.78, 5) is 31.3. The lowest BCUT2D eigenvalue weighted by atomic mass is 10.1. The summed E-state index contributed by atoms with van der Waals surface area (Å²) in [5, 5.41) is 0.824.